The number of rotatable bonds is 5. The molecular weight excluding hydrogens is 450 g/mol. The normalized spacial score (nSPS) is 15.7. The third-order valence-electron chi connectivity index (χ3n) is 5.45. The highest BCUT2D eigenvalue weighted by molar-refractivity contribution is 7.98. The van der Waals surface area contributed by atoms with E-state index in [1.54, 1.807) is 22.8 Å². The Morgan fingerprint density at radius 1 is 1.19 bits per heavy atom. The average molecular weight is 466 g/mol. The second kappa shape index (κ2) is 8.33. The van der Waals surface area contributed by atoms with Gasteiger partial charge in [0.2, 0.25) is 5.16 Å². The molecule has 0 N–H and O–H groups in total. The van der Waals surface area contributed by atoms with E-state index in [0.29, 0.717) is 40.1 Å². The van der Waals surface area contributed by atoms with Crippen molar-refractivity contribution < 1.29 is 9.72 Å². The molecule has 10 heteroatoms. The summed E-state index contributed by atoms with van der Waals surface area (Å²) in [6, 6.07) is 14.0. The summed E-state index contributed by atoms with van der Waals surface area (Å²) in [6.07, 6.45) is 2.62. The number of carbonyl (C=O) groups excluding carboxylic acids is 1. The molecule has 4 aromatic rings. The first-order valence-electron chi connectivity index (χ1n) is 9.87. The van der Waals surface area contributed by atoms with Crippen LogP contribution in [0.25, 0.3) is 5.78 Å². The smallest absolute Gasteiger partial charge is 0.269 e. The number of halogens is 1. The largest absolute Gasteiger partial charge is 0.294 e. The molecule has 2 aromatic heterocycles. The molecule has 0 aliphatic heterocycles. The first-order chi connectivity index (χ1) is 15.5. The van der Waals surface area contributed by atoms with Crippen molar-refractivity contribution in [3.05, 3.63) is 92.2 Å². The molecule has 8 nitrogen and oxygen atoms in total. The van der Waals surface area contributed by atoms with Crippen molar-refractivity contribution in [1.29, 1.82) is 0 Å². The van der Waals surface area contributed by atoms with Gasteiger partial charge in [0.1, 0.15) is 0 Å². The molecule has 0 bridgehead atoms. The minimum absolute atomic E-state index is 0.0136. The van der Waals surface area contributed by atoms with Gasteiger partial charge in [0.25, 0.3) is 11.5 Å². The number of non-ortho nitro benzene ring substituents is 1. The molecule has 0 saturated carbocycles. The lowest BCUT2D eigenvalue weighted by atomic mass is 9.82. The summed E-state index contributed by atoms with van der Waals surface area (Å²) in [4.78, 5) is 32.0. The molecule has 0 radical (unpaired) electrons. The molecule has 1 aliphatic rings. The first kappa shape index (κ1) is 20.6. The maximum Gasteiger partial charge on any atom is 0.269 e. The van der Waals surface area contributed by atoms with E-state index in [4.69, 9.17) is 11.6 Å². The Bertz CT molecular complexity index is 1360. The summed E-state index contributed by atoms with van der Waals surface area (Å²) in [6.45, 7) is 0. The zero-order chi connectivity index (χ0) is 22.2. The molecule has 2 aromatic carbocycles. The van der Waals surface area contributed by atoms with Crippen LogP contribution in [0.2, 0.25) is 5.02 Å². The van der Waals surface area contributed by atoms with Crippen LogP contribution in [0.4, 0.5) is 5.69 Å². The maximum atomic E-state index is 12.8. The van der Waals surface area contributed by atoms with Crippen molar-refractivity contribution >= 4 is 40.6 Å². The molecule has 0 amide bonds. The van der Waals surface area contributed by atoms with Gasteiger partial charge in [0.15, 0.2) is 5.78 Å². The molecule has 2 heterocycles. The van der Waals surface area contributed by atoms with E-state index in [0.717, 1.165) is 16.8 Å². The fraction of sp³-hybridized carbons (Fsp3) is 0.182. The van der Waals surface area contributed by atoms with Gasteiger partial charge in [-0.3, -0.25) is 14.9 Å². The molecule has 0 fully saturated rings. The number of aromatic nitrogens is 4. The van der Waals surface area contributed by atoms with Crippen LogP contribution in [0.1, 0.15) is 39.5 Å². The Morgan fingerprint density at radius 2 is 2.00 bits per heavy atom. The molecule has 32 heavy (non-hydrogen) atoms. The van der Waals surface area contributed by atoms with Gasteiger partial charge in [-0.15, -0.1) is 5.10 Å². The van der Waals surface area contributed by atoms with Gasteiger partial charge >= 0.3 is 0 Å². The Hall–Kier alpha value is -3.30. The fourth-order valence-electron chi connectivity index (χ4n) is 3.85. The average Bonchev–Trinajstić information content (AvgIpc) is 3.21. The first-order valence-corrected chi connectivity index (χ1v) is 11.2. The second-order valence-corrected chi connectivity index (χ2v) is 8.90. The predicted molar refractivity (Wildman–Crippen MR) is 120 cm³/mol. The maximum absolute atomic E-state index is 12.8. The van der Waals surface area contributed by atoms with Gasteiger partial charge in [0, 0.05) is 35.5 Å². The quantitative estimate of drug-likeness (QED) is 0.235. The molecule has 1 unspecified atom stereocenters. The highest BCUT2D eigenvalue weighted by Crippen LogP contribution is 2.34. The van der Waals surface area contributed by atoms with Gasteiger partial charge in [-0.2, -0.15) is 9.50 Å². The lowest BCUT2D eigenvalue weighted by Gasteiger charge is -2.24. The van der Waals surface area contributed by atoms with Crippen LogP contribution in [0.5, 0.6) is 0 Å². The minimum Gasteiger partial charge on any atom is -0.294 e. The molecule has 160 valence electrons. The number of carbonyl (C=O) groups is 1. The molecule has 0 saturated heterocycles. The van der Waals surface area contributed by atoms with Crippen LogP contribution in [0, 0.1) is 10.1 Å². The van der Waals surface area contributed by atoms with Gasteiger partial charge in [-0.05, 0) is 35.6 Å². The lowest BCUT2D eigenvalue weighted by Crippen LogP contribution is -2.22. The summed E-state index contributed by atoms with van der Waals surface area (Å²) in [7, 11) is 0. The number of ketones is 1. The van der Waals surface area contributed by atoms with Crippen LogP contribution in [-0.4, -0.2) is 30.3 Å². The summed E-state index contributed by atoms with van der Waals surface area (Å²) < 4.78 is 1.65. The highest BCUT2D eigenvalue weighted by atomic mass is 35.5. The van der Waals surface area contributed by atoms with Crippen molar-refractivity contribution in [1.82, 2.24) is 19.6 Å². The predicted octanol–water partition coefficient (Wildman–Crippen LogP) is 4.89. The van der Waals surface area contributed by atoms with Gasteiger partial charge in [-0.1, -0.05) is 47.6 Å². The molecule has 0 spiro atoms. The molecular formula is C22H16ClN5O3S. The zero-order valence-corrected chi connectivity index (χ0v) is 18.2. The summed E-state index contributed by atoms with van der Waals surface area (Å²) in [5.74, 6) is 1.04. The van der Waals surface area contributed by atoms with E-state index in [9.17, 15) is 14.9 Å². The lowest BCUT2D eigenvalue weighted by molar-refractivity contribution is -0.384. The van der Waals surface area contributed by atoms with Crippen molar-refractivity contribution in [2.75, 3.05) is 0 Å². The van der Waals surface area contributed by atoms with E-state index in [-0.39, 0.29) is 17.4 Å². The second-order valence-electron chi connectivity index (χ2n) is 7.52. The highest BCUT2D eigenvalue weighted by Gasteiger charge is 2.29. The van der Waals surface area contributed by atoms with Crippen LogP contribution >= 0.6 is 23.4 Å². The van der Waals surface area contributed by atoms with E-state index < -0.39 is 4.92 Å². The number of nitro benzene ring substituents is 1. The third-order valence-corrected chi connectivity index (χ3v) is 6.60. The van der Waals surface area contributed by atoms with E-state index in [2.05, 4.69) is 15.1 Å². The Labute approximate surface area is 191 Å². The van der Waals surface area contributed by atoms with Crippen molar-refractivity contribution in [3.8, 4) is 0 Å². The van der Waals surface area contributed by atoms with Crippen molar-refractivity contribution in [3.63, 3.8) is 0 Å². The SMILES string of the molecule is O=C1CC(c2cccc(Cl)c2)Cc2c1cnc1nc(SCc3ccc([N+](=O)[O-])cc3)nn21. The zero-order valence-electron chi connectivity index (χ0n) is 16.6. The van der Waals surface area contributed by atoms with Gasteiger partial charge in [-0.25, -0.2) is 4.98 Å². The van der Waals surface area contributed by atoms with Gasteiger partial charge in [0.05, 0.1) is 16.2 Å². The number of fused-ring (bicyclic) bond motifs is 3. The van der Waals surface area contributed by atoms with Crippen molar-refractivity contribution in [2.45, 2.75) is 29.7 Å². The van der Waals surface area contributed by atoms with Gasteiger partial charge < -0.3 is 0 Å². The van der Waals surface area contributed by atoms with Crippen LogP contribution < -0.4 is 0 Å². The molecule has 5 rings (SSSR count). The minimum atomic E-state index is -0.423. The number of benzene rings is 2. The Balaban J connectivity index is 1.41. The third kappa shape index (κ3) is 3.96. The van der Waals surface area contributed by atoms with Crippen LogP contribution in [0.3, 0.4) is 0 Å². The molecule has 1 atom stereocenters. The number of nitrogens with zero attached hydrogens (tertiary/aromatic N) is 5. The monoisotopic (exact) mass is 465 g/mol. The molecule has 1 aliphatic carbocycles. The van der Waals surface area contributed by atoms with E-state index in [1.807, 2.05) is 24.3 Å². The van der Waals surface area contributed by atoms with E-state index in [1.165, 1.54) is 23.9 Å². The fourth-order valence-corrected chi connectivity index (χ4v) is 4.82. The summed E-state index contributed by atoms with van der Waals surface area (Å²) >= 11 is 7.56. The number of nitro groups is 1. The van der Waals surface area contributed by atoms with E-state index >= 15 is 0 Å². The summed E-state index contributed by atoms with van der Waals surface area (Å²) in [5, 5.41) is 16.6. The van der Waals surface area contributed by atoms with Crippen LogP contribution in [0.15, 0.2) is 59.9 Å². The topological polar surface area (TPSA) is 103 Å². The summed E-state index contributed by atoms with van der Waals surface area (Å²) in [5.41, 5.74) is 3.37. The van der Waals surface area contributed by atoms with Crippen LogP contribution in [-0.2, 0) is 12.2 Å². The number of hydrogen-bond donors (Lipinski definition) is 0. The number of thioether (sulfide) groups is 1. The Morgan fingerprint density at radius 3 is 2.75 bits per heavy atom. The number of Topliss-reactive ketones (excluding diaryl/α,β-unsaturated/α-hetero) is 1. The standard InChI is InChI=1S/C22H16ClN5O3S/c23-16-3-1-2-14(8-16)15-9-19-18(20(29)10-15)11-24-21-25-22(26-27(19)21)32-12-13-4-6-17(7-5-13)28(30)31/h1-8,11,15H,9-10,12H2. The Kier molecular flexibility index (Phi) is 5.36. The number of hydrogen-bond acceptors (Lipinski definition) is 7. The van der Waals surface area contributed by atoms with Crippen molar-refractivity contribution in [2.24, 2.45) is 0 Å².